The van der Waals surface area contributed by atoms with Crippen LogP contribution >= 0.6 is 0 Å². The van der Waals surface area contributed by atoms with Crippen LogP contribution in [0.25, 0.3) is 0 Å². The van der Waals surface area contributed by atoms with Crippen LogP contribution in [0, 0.1) is 12.9 Å². The van der Waals surface area contributed by atoms with Crippen molar-refractivity contribution in [1.29, 1.82) is 0 Å². The van der Waals surface area contributed by atoms with Gasteiger partial charge in [-0.05, 0) is 43.9 Å². The Kier molecular flexibility index (Phi) is 2.77. The van der Waals surface area contributed by atoms with Gasteiger partial charge in [0.2, 0.25) is 5.95 Å². The third-order valence-electron chi connectivity index (χ3n) is 2.80. The van der Waals surface area contributed by atoms with Crippen molar-refractivity contribution < 1.29 is 4.39 Å². The zero-order valence-electron chi connectivity index (χ0n) is 8.39. The van der Waals surface area contributed by atoms with Gasteiger partial charge in [0, 0.05) is 18.3 Å². The fraction of sp³-hybridized carbons (Fsp3) is 0.545. The van der Waals surface area contributed by atoms with Gasteiger partial charge >= 0.3 is 0 Å². The Hall–Kier alpha value is -0.960. The van der Waals surface area contributed by atoms with Gasteiger partial charge in [-0.15, -0.1) is 0 Å². The van der Waals surface area contributed by atoms with Crippen molar-refractivity contribution in [3.8, 4) is 0 Å². The summed E-state index contributed by atoms with van der Waals surface area (Å²) < 4.78 is 12.9. The number of aryl methyl sites for hydroxylation is 1. The maximum absolute atomic E-state index is 12.9. The van der Waals surface area contributed by atoms with E-state index in [1.54, 1.807) is 13.1 Å². The third-order valence-corrected chi connectivity index (χ3v) is 2.80. The first-order valence-electron chi connectivity index (χ1n) is 5.10. The van der Waals surface area contributed by atoms with Crippen molar-refractivity contribution in [2.45, 2.75) is 25.7 Å². The maximum atomic E-state index is 12.9. The molecule has 1 aliphatic rings. The van der Waals surface area contributed by atoms with Gasteiger partial charge in [0.05, 0.1) is 0 Å². The molecular weight excluding hydrogens is 179 g/mol. The molecule has 0 aliphatic carbocycles. The Labute approximate surface area is 83.6 Å². The van der Waals surface area contributed by atoms with Gasteiger partial charge in [-0.2, -0.15) is 4.39 Å². The molecule has 2 rings (SSSR count). The number of halogens is 1. The molecule has 0 unspecified atom stereocenters. The topological polar surface area (TPSA) is 24.9 Å². The van der Waals surface area contributed by atoms with E-state index in [1.165, 1.54) is 12.8 Å². The van der Waals surface area contributed by atoms with Crippen LogP contribution in [0.1, 0.15) is 29.9 Å². The first kappa shape index (κ1) is 9.59. The first-order valence-corrected chi connectivity index (χ1v) is 5.10. The van der Waals surface area contributed by atoms with Crippen LogP contribution in [-0.4, -0.2) is 18.1 Å². The molecule has 0 spiro atoms. The largest absolute Gasteiger partial charge is 0.316 e. The van der Waals surface area contributed by atoms with Crippen LogP contribution in [0.2, 0.25) is 0 Å². The van der Waals surface area contributed by atoms with Crippen molar-refractivity contribution in [1.82, 2.24) is 10.3 Å². The molecule has 0 amide bonds. The summed E-state index contributed by atoms with van der Waals surface area (Å²) in [5.41, 5.74) is 1.81. The molecule has 1 aliphatic heterocycles. The second kappa shape index (κ2) is 4.05. The summed E-state index contributed by atoms with van der Waals surface area (Å²) in [6, 6.07) is 1.92. The summed E-state index contributed by atoms with van der Waals surface area (Å²) in [4.78, 5) is 3.76. The summed E-state index contributed by atoms with van der Waals surface area (Å²) in [6.07, 6.45) is 4.04. The minimum Gasteiger partial charge on any atom is -0.316 e. The van der Waals surface area contributed by atoms with Crippen LogP contribution in [0.15, 0.2) is 12.3 Å². The van der Waals surface area contributed by atoms with Crippen molar-refractivity contribution in [2.75, 3.05) is 13.1 Å². The predicted octanol–water partition coefficient (Wildman–Crippen LogP) is 2.00. The highest BCUT2D eigenvalue weighted by Crippen LogP contribution is 2.23. The van der Waals surface area contributed by atoms with E-state index < -0.39 is 0 Å². The normalized spacial score (nSPS) is 22.3. The van der Waals surface area contributed by atoms with Crippen LogP contribution in [-0.2, 0) is 0 Å². The minimum absolute atomic E-state index is 0.350. The summed E-state index contributed by atoms with van der Waals surface area (Å²) in [5, 5.41) is 3.35. The van der Waals surface area contributed by atoms with Crippen LogP contribution in [0.4, 0.5) is 4.39 Å². The van der Waals surface area contributed by atoms with E-state index >= 15 is 0 Å². The number of nitrogens with zero attached hydrogens (tertiary/aromatic N) is 1. The summed E-state index contributed by atoms with van der Waals surface area (Å²) in [6.45, 7) is 3.86. The lowest BCUT2D eigenvalue weighted by Crippen LogP contribution is -2.28. The molecule has 1 atom stereocenters. The highest BCUT2D eigenvalue weighted by molar-refractivity contribution is 5.22. The van der Waals surface area contributed by atoms with E-state index in [4.69, 9.17) is 0 Å². The van der Waals surface area contributed by atoms with Gasteiger partial charge in [0.25, 0.3) is 0 Å². The molecule has 3 heteroatoms. The predicted molar refractivity (Wildman–Crippen MR) is 53.8 cm³/mol. The Morgan fingerprint density at radius 1 is 1.57 bits per heavy atom. The summed E-state index contributed by atoms with van der Waals surface area (Å²) in [5.74, 6) is 0.160. The molecule has 2 nitrogen and oxygen atoms in total. The van der Waals surface area contributed by atoms with Gasteiger partial charge < -0.3 is 5.32 Å². The van der Waals surface area contributed by atoms with Crippen molar-refractivity contribution in [2.24, 2.45) is 0 Å². The van der Waals surface area contributed by atoms with E-state index in [1.807, 2.05) is 6.07 Å². The number of hydrogen-bond donors (Lipinski definition) is 1. The van der Waals surface area contributed by atoms with Crippen LogP contribution < -0.4 is 5.32 Å². The number of piperidine rings is 1. The molecule has 14 heavy (non-hydrogen) atoms. The standard InChI is InChI=1S/C11H15FN2/c1-8-5-10(7-14-11(8)12)9-3-2-4-13-6-9/h5,7,9,13H,2-4,6H2,1H3/t9-/m1/s1. The zero-order chi connectivity index (χ0) is 9.97. The highest BCUT2D eigenvalue weighted by Gasteiger charge is 2.16. The van der Waals surface area contributed by atoms with E-state index in [9.17, 15) is 4.39 Å². The monoisotopic (exact) mass is 194 g/mol. The molecule has 1 fully saturated rings. The smallest absolute Gasteiger partial charge is 0.215 e. The van der Waals surface area contributed by atoms with E-state index in [2.05, 4.69) is 10.3 Å². The molecule has 1 aromatic rings. The van der Waals surface area contributed by atoms with Crippen molar-refractivity contribution >= 4 is 0 Å². The lowest BCUT2D eigenvalue weighted by Gasteiger charge is -2.22. The van der Waals surface area contributed by atoms with Gasteiger partial charge in [-0.3, -0.25) is 0 Å². The molecule has 1 saturated heterocycles. The summed E-state index contributed by atoms with van der Waals surface area (Å²) in [7, 11) is 0. The van der Waals surface area contributed by atoms with Gasteiger partial charge in [0.15, 0.2) is 0 Å². The molecule has 0 aromatic carbocycles. The van der Waals surface area contributed by atoms with Crippen molar-refractivity contribution in [3.05, 3.63) is 29.3 Å². The van der Waals surface area contributed by atoms with Gasteiger partial charge in [-0.25, -0.2) is 4.98 Å². The highest BCUT2D eigenvalue weighted by atomic mass is 19.1. The van der Waals surface area contributed by atoms with E-state index in [0.717, 1.165) is 18.7 Å². The molecule has 0 bridgehead atoms. The lowest BCUT2D eigenvalue weighted by molar-refractivity contribution is 0.458. The van der Waals surface area contributed by atoms with Crippen molar-refractivity contribution in [3.63, 3.8) is 0 Å². The Balaban J connectivity index is 2.18. The number of hydrogen-bond acceptors (Lipinski definition) is 2. The number of rotatable bonds is 1. The fourth-order valence-corrected chi connectivity index (χ4v) is 1.94. The molecule has 76 valence electrons. The minimum atomic E-state index is -0.350. The molecule has 0 radical (unpaired) electrons. The Morgan fingerprint density at radius 2 is 2.43 bits per heavy atom. The Bertz CT molecular complexity index is 319. The second-order valence-corrected chi connectivity index (χ2v) is 3.92. The lowest BCUT2D eigenvalue weighted by atomic mass is 9.92. The fourth-order valence-electron chi connectivity index (χ4n) is 1.94. The number of aromatic nitrogens is 1. The molecule has 0 saturated carbocycles. The van der Waals surface area contributed by atoms with Gasteiger partial charge in [-0.1, -0.05) is 0 Å². The molecule has 1 aromatic heterocycles. The first-order chi connectivity index (χ1) is 6.77. The average Bonchev–Trinajstić information content (AvgIpc) is 2.23. The Morgan fingerprint density at radius 3 is 3.07 bits per heavy atom. The molecule has 2 heterocycles. The van der Waals surface area contributed by atoms with E-state index in [-0.39, 0.29) is 5.95 Å². The second-order valence-electron chi connectivity index (χ2n) is 3.92. The molecule has 1 N–H and O–H groups in total. The van der Waals surface area contributed by atoms with E-state index in [0.29, 0.717) is 11.5 Å². The van der Waals surface area contributed by atoms with Crippen LogP contribution in [0.5, 0.6) is 0 Å². The maximum Gasteiger partial charge on any atom is 0.215 e. The molecular formula is C11H15FN2. The quantitative estimate of drug-likeness (QED) is 0.692. The number of nitrogens with one attached hydrogen (secondary N) is 1. The number of pyridine rings is 1. The third kappa shape index (κ3) is 1.93. The average molecular weight is 194 g/mol. The SMILES string of the molecule is Cc1cc([C@@H]2CCCNC2)cnc1F. The van der Waals surface area contributed by atoms with Gasteiger partial charge in [0.1, 0.15) is 0 Å². The zero-order valence-corrected chi connectivity index (χ0v) is 8.39. The van der Waals surface area contributed by atoms with Crippen LogP contribution in [0.3, 0.4) is 0 Å². The summed E-state index contributed by atoms with van der Waals surface area (Å²) >= 11 is 0.